The summed E-state index contributed by atoms with van der Waals surface area (Å²) >= 11 is 1.84. The van der Waals surface area contributed by atoms with Crippen LogP contribution in [0.3, 0.4) is 0 Å². The Hall–Kier alpha value is -4.51. The van der Waals surface area contributed by atoms with Crippen molar-refractivity contribution in [1.29, 1.82) is 0 Å². The average molecular weight is 891 g/mol. The van der Waals surface area contributed by atoms with Crippen LogP contribution in [0.2, 0.25) is 19.6 Å². The van der Waals surface area contributed by atoms with Crippen molar-refractivity contribution in [3.63, 3.8) is 0 Å². The normalized spacial score (nSPS) is 12.9. The van der Waals surface area contributed by atoms with Gasteiger partial charge >= 0.3 is 0 Å². The molecule has 0 saturated carbocycles. The van der Waals surface area contributed by atoms with Crippen molar-refractivity contribution in [2.45, 2.75) is 46.2 Å². The van der Waals surface area contributed by atoms with Crippen molar-refractivity contribution >= 4 is 44.8 Å². The summed E-state index contributed by atoms with van der Waals surface area (Å²) in [6.07, 6.45) is 3.78. The predicted molar refractivity (Wildman–Crippen MR) is 223 cm³/mol. The first-order valence-corrected chi connectivity index (χ1v) is 21.5. The van der Waals surface area contributed by atoms with Crippen LogP contribution >= 0.6 is 11.3 Å². The van der Waals surface area contributed by atoms with Crippen LogP contribution in [0, 0.1) is 19.0 Å². The number of aromatic nitrogens is 2. The Kier molecular flexibility index (Phi) is 9.91. The summed E-state index contributed by atoms with van der Waals surface area (Å²) < 4.78 is 33.3. The monoisotopic (exact) mass is 891 g/mol. The largest absolute Gasteiger partial charge is 0.305 e. The number of pyridine rings is 2. The molecule has 0 bridgehead atoms. The third-order valence-corrected chi connectivity index (χ3v) is 12.3. The Morgan fingerprint density at radius 1 is 0.712 bits per heavy atom. The SMILES string of the molecule is [2H]C([2H])([2H])c1c[c-]c(-c2cc(C([2H])(C)C)c([Si](C)(C)C)cn2)cc1.[Ir].[c-]1ccc2c(sc3c(-c4ccccc4)cccc32)c1-c1cc(-c2ccccc2)ccn1. The summed E-state index contributed by atoms with van der Waals surface area (Å²) in [5.74, 6) is -0.716. The van der Waals surface area contributed by atoms with Crippen LogP contribution in [0.15, 0.2) is 140 Å². The number of hydrogen-bond acceptors (Lipinski definition) is 3. The van der Waals surface area contributed by atoms with Crippen LogP contribution < -0.4 is 5.19 Å². The van der Waals surface area contributed by atoms with Gasteiger partial charge < -0.3 is 9.97 Å². The van der Waals surface area contributed by atoms with E-state index in [1.165, 1.54) is 53.7 Å². The van der Waals surface area contributed by atoms with Gasteiger partial charge in [-0.15, -0.1) is 59.2 Å². The summed E-state index contributed by atoms with van der Waals surface area (Å²) in [5, 5.41) is 3.74. The number of rotatable bonds is 6. The van der Waals surface area contributed by atoms with E-state index >= 15 is 0 Å². The number of nitrogens with zero attached hydrogens (tertiary/aromatic N) is 2. The van der Waals surface area contributed by atoms with Crippen molar-refractivity contribution in [1.82, 2.24) is 9.97 Å². The van der Waals surface area contributed by atoms with Gasteiger partial charge in [-0.1, -0.05) is 142 Å². The van der Waals surface area contributed by atoms with E-state index in [-0.39, 0.29) is 25.7 Å². The van der Waals surface area contributed by atoms with Gasteiger partial charge in [0.05, 0.1) is 8.07 Å². The molecule has 0 aliphatic heterocycles. The number of benzene rings is 5. The second-order valence-electron chi connectivity index (χ2n) is 13.9. The van der Waals surface area contributed by atoms with E-state index in [9.17, 15) is 0 Å². The van der Waals surface area contributed by atoms with E-state index in [1.54, 1.807) is 12.1 Å². The summed E-state index contributed by atoms with van der Waals surface area (Å²) in [7, 11) is -1.61. The molecule has 0 saturated heterocycles. The van der Waals surface area contributed by atoms with E-state index < -0.39 is 20.8 Å². The smallest absolute Gasteiger partial charge is 0.0799 e. The zero-order valence-corrected chi connectivity index (χ0v) is 34.1. The molecule has 0 N–H and O–H groups in total. The molecule has 0 spiro atoms. The van der Waals surface area contributed by atoms with Crippen molar-refractivity contribution in [2.24, 2.45) is 0 Å². The second-order valence-corrected chi connectivity index (χ2v) is 20.0. The number of thiophene rings is 1. The molecule has 0 amide bonds. The molecule has 0 unspecified atom stereocenters. The molecule has 5 aromatic carbocycles. The molecule has 3 aromatic heterocycles. The van der Waals surface area contributed by atoms with E-state index in [0.29, 0.717) is 0 Å². The molecule has 0 atom stereocenters. The molecule has 0 aliphatic rings. The van der Waals surface area contributed by atoms with E-state index in [2.05, 4.69) is 128 Å². The first kappa shape index (κ1) is 32.2. The fraction of sp³-hybridized carbons (Fsp3) is 0.149. The van der Waals surface area contributed by atoms with Crippen LogP contribution in [-0.4, -0.2) is 18.0 Å². The second kappa shape index (κ2) is 16.0. The third-order valence-electron chi connectivity index (χ3n) is 9.01. The van der Waals surface area contributed by atoms with Crippen LogP contribution in [0.4, 0.5) is 0 Å². The summed E-state index contributed by atoms with van der Waals surface area (Å²) in [5.41, 5.74) is 9.63. The quantitative estimate of drug-likeness (QED) is 0.123. The van der Waals surface area contributed by atoms with E-state index in [4.69, 9.17) is 10.5 Å². The predicted octanol–water partition coefficient (Wildman–Crippen LogP) is 12.8. The molecule has 2 nitrogen and oxygen atoms in total. The van der Waals surface area contributed by atoms with Gasteiger partial charge in [0.2, 0.25) is 0 Å². The minimum Gasteiger partial charge on any atom is -0.305 e. The summed E-state index contributed by atoms with van der Waals surface area (Å²) in [4.78, 5) is 9.27. The molecule has 3 heterocycles. The first-order valence-electron chi connectivity index (χ1n) is 19.2. The Bertz CT molecular complexity index is 2590. The zero-order valence-electron chi connectivity index (χ0n) is 33.9. The van der Waals surface area contributed by atoms with Crippen molar-refractivity contribution in [3.8, 4) is 44.8 Å². The maximum atomic E-state index is 8.48. The van der Waals surface area contributed by atoms with Crippen LogP contribution in [0.5, 0.6) is 0 Å². The van der Waals surface area contributed by atoms with E-state index in [0.717, 1.165) is 28.1 Å². The molecule has 261 valence electrons. The first-order chi connectivity index (χ1) is 26.2. The van der Waals surface area contributed by atoms with Gasteiger partial charge in [0.25, 0.3) is 0 Å². The molecule has 0 aliphatic carbocycles. The Labute approximate surface area is 332 Å². The van der Waals surface area contributed by atoms with Gasteiger partial charge in [0.15, 0.2) is 0 Å². The molecular weight excluding hydrogens is 845 g/mol. The van der Waals surface area contributed by atoms with E-state index in [1.807, 2.05) is 55.8 Å². The van der Waals surface area contributed by atoms with Crippen molar-refractivity contribution in [3.05, 3.63) is 163 Å². The summed E-state index contributed by atoms with van der Waals surface area (Å²) in [6, 6.07) is 49.4. The molecule has 8 aromatic rings. The molecule has 5 heteroatoms. The zero-order chi connectivity index (χ0) is 39.0. The standard InChI is InChI=1S/C29H18NS.C18H24NSi.Ir/c1-3-9-20(10-4-1)22-17-18-30-27(19-22)26-16-8-15-25-24-14-7-13-23(28(24)31-29(25)26)21-11-5-2-6-12-21;1-13(2)16-11-17(15-9-7-14(3)8-10-15)19-12-18(16)20(4,5)6;/h1-15,17-19H;7-9,11-13H,1-6H3;/q2*-1;/i;3D3,13D;. The number of aryl methyl sites for hydroxylation is 1. The minimum absolute atomic E-state index is 0. The number of hydrogen-bond donors (Lipinski definition) is 0. The maximum Gasteiger partial charge on any atom is 0.0799 e. The topological polar surface area (TPSA) is 25.8 Å². The van der Waals surface area contributed by atoms with Crippen LogP contribution in [-0.2, 0) is 20.1 Å². The van der Waals surface area contributed by atoms with Crippen LogP contribution in [0.25, 0.3) is 64.9 Å². The fourth-order valence-electron chi connectivity index (χ4n) is 6.37. The van der Waals surface area contributed by atoms with Crippen molar-refractivity contribution in [2.75, 3.05) is 0 Å². The van der Waals surface area contributed by atoms with Gasteiger partial charge in [0.1, 0.15) is 0 Å². The molecule has 52 heavy (non-hydrogen) atoms. The van der Waals surface area contributed by atoms with Gasteiger partial charge in [-0.25, -0.2) is 0 Å². The Morgan fingerprint density at radius 2 is 1.44 bits per heavy atom. The Morgan fingerprint density at radius 3 is 2.12 bits per heavy atom. The third kappa shape index (κ3) is 7.94. The average Bonchev–Trinajstić information content (AvgIpc) is 3.57. The molecule has 0 fully saturated rings. The maximum absolute atomic E-state index is 8.48. The molecular formula is C47H42IrN2SSi-2. The molecule has 8 rings (SSSR count). The minimum atomic E-state index is -2.13. The van der Waals surface area contributed by atoms with Crippen LogP contribution in [0.1, 0.15) is 36.4 Å². The van der Waals surface area contributed by atoms with Gasteiger partial charge in [0, 0.05) is 42.7 Å². The summed E-state index contributed by atoms with van der Waals surface area (Å²) in [6.45, 7) is 8.38. The van der Waals surface area contributed by atoms with Gasteiger partial charge in [-0.05, 0) is 60.9 Å². The van der Waals surface area contributed by atoms with Crippen molar-refractivity contribution < 1.29 is 25.6 Å². The fourth-order valence-corrected chi connectivity index (χ4v) is 9.30. The number of fused-ring (bicyclic) bond motifs is 3. The van der Waals surface area contributed by atoms with Gasteiger partial charge in [-0.3, -0.25) is 0 Å². The van der Waals surface area contributed by atoms with Gasteiger partial charge in [-0.2, -0.15) is 11.3 Å². The Balaban J connectivity index is 0.000000194. The molecule has 1 radical (unpaired) electrons.